The van der Waals surface area contributed by atoms with Crippen LogP contribution in [0.3, 0.4) is 0 Å². The molecule has 2 aromatic rings. The van der Waals surface area contributed by atoms with Crippen LogP contribution in [0.5, 0.6) is 0 Å². The lowest BCUT2D eigenvalue weighted by Gasteiger charge is -2.24. The van der Waals surface area contributed by atoms with Gasteiger partial charge in [0.05, 0.1) is 6.10 Å². The van der Waals surface area contributed by atoms with E-state index in [1.807, 2.05) is 11.3 Å². The van der Waals surface area contributed by atoms with Gasteiger partial charge in [-0.15, -0.1) is 11.3 Å². The Labute approximate surface area is 147 Å². The van der Waals surface area contributed by atoms with Gasteiger partial charge in [0.25, 0.3) is 0 Å². The number of aromatic nitrogens is 1. The number of nitrogens with zero attached hydrogens (tertiary/aromatic N) is 3. The third kappa shape index (κ3) is 4.26. The first-order valence-corrected chi connectivity index (χ1v) is 9.06. The van der Waals surface area contributed by atoms with Crippen molar-refractivity contribution < 1.29 is 9.53 Å². The molecule has 5 nitrogen and oxygen atoms in total. The highest BCUT2D eigenvalue weighted by atomic mass is 32.1. The zero-order valence-corrected chi connectivity index (χ0v) is 15.4. The maximum absolute atomic E-state index is 11.8. The van der Waals surface area contributed by atoms with Gasteiger partial charge in [-0.25, -0.2) is 0 Å². The lowest BCUT2D eigenvalue weighted by molar-refractivity contribution is -0.136. The Morgan fingerprint density at radius 1 is 1.33 bits per heavy atom. The van der Waals surface area contributed by atoms with Crippen LogP contribution in [0.1, 0.15) is 15.4 Å². The highest BCUT2D eigenvalue weighted by molar-refractivity contribution is 7.11. The predicted octanol–water partition coefficient (Wildman–Crippen LogP) is 2.35. The van der Waals surface area contributed by atoms with Gasteiger partial charge in [0.1, 0.15) is 6.61 Å². The summed E-state index contributed by atoms with van der Waals surface area (Å²) in [6.45, 7) is 5.74. The number of carbonyl (C=O) groups excluding carboxylic acids is 1. The molecule has 3 heterocycles. The molecule has 0 unspecified atom stereocenters. The van der Waals surface area contributed by atoms with Gasteiger partial charge < -0.3 is 14.2 Å². The summed E-state index contributed by atoms with van der Waals surface area (Å²) in [5.41, 5.74) is 1.30. The summed E-state index contributed by atoms with van der Waals surface area (Å²) in [5, 5.41) is 0. The van der Waals surface area contributed by atoms with E-state index in [0.717, 1.165) is 26.2 Å². The molecule has 1 amide bonds. The highest BCUT2D eigenvalue weighted by Crippen LogP contribution is 2.21. The Bertz CT molecular complexity index is 692. The van der Waals surface area contributed by atoms with Crippen molar-refractivity contribution in [3.63, 3.8) is 0 Å². The van der Waals surface area contributed by atoms with E-state index >= 15 is 0 Å². The Balaban J connectivity index is 1.69. The molecule has 2 aromatic heterocycles. The fourth-order valence-electron chi connectivity index (χ4n) is 2.96. The summed E-state index contributed by atoms with van der Waals surface area (Å²) >= 11 is 1.84. The first-order valence-electron chi connectivity index (χ1n) is 8.24. The number of thiophene rings is 1. The first-order chi connectivity index (χ1) is 11.5. The second kappa shape index (κ2) is 7.51. The van der Waals surface area contributed by atoms with E-state index in [0.29, 0.717) is 0 Å². The van der Waals surface area contributed by atoms with Gasteiger partial charge in [0.2, 0.25) is 5.91 Å². The molecule has 0 aromatic carbocycles. The number of fused-ring (bicyclic) bond motifs is 1. The monoisotopic (exact) mass is 347 g/mol. The molecule has 1 aliphatic rings. The van der Waals surface area contributed by atoms with Crippen LogP contribution in [-0.2, 0) is 29.2 Å². The van der Waals surface area contributed by atoms with E-state index in [1.54, 1.807) is 19.0 Å². The number of hydrogen-bond acceptors (Lipinski definition) is 4. The van der Waals surface area contributed by atoms with Gasteiger partial charge in [0, 0.05) is 61.9 Å². The van der Waals surface area contributed by atoms with Gasteiger partial charge in [-0.1, -0.05) is 0 Å². The smallest absolute Gasteiger partial charge is 0.248 e. The molecule has 0 bridgehead atoms. The van der Waals surface area contributed by atoms with Crippen molar-refractivity contribution in [2.75, 3.05) is 27.2 Å². The molecule has 0 aliphatic carbocycles. The number of likely N-dealkylation sites (N-methyl/N-ethyl adjacent to an activating group) is 1. The van der Waals surface area contributed by atoms with Crippen LogP contribution >= 0.6 is 11.3 Å². The molecule has 0 spiro atoms. The SMILES string of the molecule is Cc1ccc(CN2Cc3cccn3C[C@H](OCC(=O)N(C)C)C2)s1. The van der Waals surface area contributed by atoms with E-state index in [2.05, 4.69) is 46.9 Å². The number of carbonyl (C=O) groups is 1. The van der Waals surface area contributed by atoms with E-state index < -0.39 is 0 Å². The summed E-state index contributed by atoms with van der Waals surface area (Å²) in [7, 11) is 3.52. The molecule has 0 fully saturated rings. The number of hydrogen-bond donors (Lipinski definition) is 0. The third-order valence-corrected chi connectivity index (χ3v) is 5.27. The van der Waals surface area contributed by atoms with Gasteiger partial charge in [0.15, 0.2) is 0 Å². The molecule has 0 radical (unpaired) electrons. The Kier molecular flexibility index (Phi) is 5.38. The van der Waals surface area contributed by atoms with Gasteiger partial charge >= 0.3 is 0 Å². The molecular formula is C18H25N3O2S. The summed E-state index contributed by atoms with van der Waals surface area (Å²) < 4.78 is 8.18. The second-order valence-electron chi connectivity index (χ2n) is 6.56. The summed E-state index contributed by atoms with van der Waals surface area (Å²) in [5.74, 6) is 0.00686. The van der Waals surface area contributed by atoms with Crippen LogP contribution in [0.4, 0.5) is 0 Å². The second-order valence-corrected chi connectivity index (χ2v) is 7.93. The van der Waals surface area contributed by atoms with Crippen molar-refractivity contribution in [1.29, 1.82) is 0 Å². The van der Waals surface area contributed by atoms with Crippen molar-refractivity contribution in [2.24, 2.45) is 0 Å². The average molecular weight is 347 g/mol. The molecule has 6 heteroatoms. The van der Waals surface area contributed by atoms with E-state index in [-0.39, 0.29) is 18.6 Å². The number of aryl methyl sites for hydroxylation is 1. The maximum atomic E-state index is 11.8. The number of rotatable bonds is 5. The zero-order chi connectivity index (χ0) is 17.1. The topological polar surface area (TPSA) is 37.7 Å². The standard InChI is InChI=1S/C18H25N3O2S/c1-14-6-7-17(24-14)12-20-9-15-5-4-8-21(15)11-16(10-20)23-13-18(22)19(2)3/h4-8,16H,9-13H2,1-3H3/t16-/m1/s1. The van der Waals surface area contributed by atoms with Crippen LogP contribution in [0.15, 0.2) is 30.5 Å². The minimum atomic E-state index is 0.00686. The molecular weight excluding hydrogens is 322 g/mol. The number of ether oxygens (including phenoxy) is 1. The normalized spacial score (nSPS) is 18.2. The Hall–Kier alpha value is -1.63. The molecule has 130 valence electrons. The lowest BCUT2D eigenvalue weighted by atomic mass is 10.3. The van der Waals surface area contributed by atoms with Crippen LogP contribution in [-0.4, -0.2) is 53.6 Å². The van der Waals surface area contributed by atoms with E-state index in [4.69, 9.17) is 4.74 Å². The van der Waals surface area contributed by atoms with E-state index in [9.17, 15) is 4.79 Å². The van der Waals surface area contributed by atoms with Gasteiger partial charge in [-0.3, -0.25) is 9.69 Å². The minimum absolute atomic E-state index is 0.00686. The molecule has 1 aliphatic heterocycles. The summed E-state index contributed by atoms with van der Waals surface area (Å²) in [4.78, 5) is 18.5. The Morgan fingerprint density at radius 2 is 2.17 bits per heavy atom. The molecule has 1 atom stereocenters. The van der Waals surface area contributed by atoms with Crippen molar-refractivity contribution in [1.82, 2.24) is 14.4 Å². The molecule has 3 rings (SSSR count). The fourth-order valence-corrected chi connectivity index (χ4v) is 3.90. The fraction of sp³-hybridized carbons (Fsp3) is 0.500. The molecule has 0 saturated carbocycles. The predicted molar refractivity (Wildman–Crippen MR) is 96.0 cm³/mol. The first kappa shape index (κ1) is 17.2. The summed E-state index contributed by atoms with van der Waals surface area (Å²) in [6, 6.07) is 8.62. The van der Waals surface area contributed by atoms with Crippen LogP contribution in [0.25, 0.3) is 0 Å². The largest absolute Gasteiger partial charge is 0.365 e. The summed E-state index contributed by atoms with van der Waals surface area (Å²) in [6.07, 6.45) is 2.11. The van der Waals surface area contributed by atoms with Crippen molar-refractivity contribution in [3.05, 3.63) is 45.9 Å². The maximum Gasteiger partial charge on any atom is 0.248 e. The molecule has 0 N–H and O–H groups in total. The van der Waals surface area contributed by atoms with Crippen molar-refractivity contribution >= 4 is 17.2 Å². The molecule has 24 heavy (non-hydrogen) atoms. The van der Waals surface area contributed by atoms with Crippen LogP contribution in [0.2, 0.25) is 0 Å². The van der Waals surface area contributed by atoms with E-state index in [1.165, 1.54) is 15.4 Å². The van der Waals surface area contributed by atoms with Crippen molar-refractivity contribution in [3.8, 4) is 0 Å². The lowest BCUT2D eigenvalue weighted by Crippen LogP contribution is -2.35. The average Bonchev–Trinajstić information content (AvgIpc) is 3.10. The highest BCUT2D eigenvalue weighted by Gasteiger charge is 2.23. The quantitative estimate of drug-likeness (QED) is 0.833. The zero-order valence-electron chi connectivity index (χ0n) is 14.6. The molecule has 0 saturated heterocycles. The Morgan fingerprint density at radius 3 is 2.88 bits per heavy atom. The van der Waals surface area contributed by atoms with Crippen molar-refractivity contribution in [2.45, 2.75) is 32.7 Å². The van der Waals surface area contributed by atoms with Crippen LogP contribution in [0, 0.1) is 6.92 Å². The van der Waals surface area contributed by atoms with Gasteiger partial charge in [-0.2, -0.15) is 0 Å². The number of amides is 1. The van der Waals surface area contributed by atoms with Crippen LogP contribution < -0.4 is 0 Å². The van der Waals surface area contributed by atoms with Gasteiger partial charge in [-0.05, 0) is 31.2 Å². The third-order valence-electron chi connectivity index (χ3n) is 4.29. The minimum Gasteiger partial charge on any atom is -0.365 e.